The van der Waals surface area contributed by atoms with Crippen molar-refractivity contribution < 1.29 is 9.53 Å². The van der Waals surface area contributed by atoms with Gasteiger partial charge in [0.1, 0.15) is 11.8 Å². The minimum atomic E-state index is -0.0317. The second-order valence-corrected chi connectivity index (χ2v) is 10.7. The highest BCUT2D eigenvalue weighted by molar-refractivity contribution is 8.00. The second-order valence-electron chi connectivity index (χ2n) is 9.45. The van der Waals surface area contributed by atoms with Gasteiger partial charge >= 0.3 is 0 Å². The minimum Gasteiger partial charge on any atom is -0.475 e. The number of fused-ring (bicyclic) bond motifs is 4. The standard InChI is InChI=1S/C23H27ClN4O2S/c1-14(2)8-16-13-30-20-10-19(24)25-22(26-20)27-31-18-5-3-4-15(9-18)21(29)28(16)17-11-23(12-17)6-7-23/h3-5,9-10,14,16-17H,6-8,11-13H2,1-2H3,(H,25,26,27)/t16-/m1/s1. The summed E-state index contributed by atoms with van der Waals surface area (Å²) in [6.07, 6.45) is 5.68. The van der Waals surface area contributed by atoms with Crippen molar-refractivity contribution in [1.82, 2.24) is 14.9 Å². The largest absolute Gasteiger partial charge is 0.475 e. The molecule has 0 radical (unpaired) electrons. The average molecular weight is 459 g/mol. The summed E-state index contributed by atoms with van der Waals surface area (Å²) in [7, 11) is 0. The molecule has 31 heavy (non-hydrogen) atoms. The Morgan fingerprint density at radius 2 is 2.10 bits per heavy atom. The normalized spacial score (nSPS) is 22.6. The van der Waals surface area contributed by atoms with Gasteiger partial charge in [-0.2, -0.15) is 4.98 Å². The van der Waals surface area contributed by atoms with Gasteiger partial charge in [0.05, 0.1) is 6.04 Å². The number of nitrogens with zero attached hydrogens (tertiary/aromatic N) is 3. The highest BCUT2D eigenvalue weighted by Crippen LogP contribution is 2.62. The fraction of sp³-hybridized carbons (Fsp3) is 0.522. The fourth-order valence-electron chi connectivity index (χ4n) is 4.80. The summed E-state index contributed by atoms with van der Waals surface area (Å²) < 4.78 is 9.21. The van der Waals surface area contributed by atoms with Crippen molar-refractivity contribution in [3.8, 4) is 5.88 Å². The Balaban J connectivity index is 1.53. The van der Waals surface area contributed by atoms with E-state index in [9.17, 15) is 4.79 Å². The fourth-order valence-corrected chi connectivity index (χ4v) is 5.61. The molecule has 0 saturated heterocycles. The molecule has 1 spiro atoms. The molecule has 5 rings (SSSR count). The molecule has 3 aliphatic rings. The first-order valence-corrected chi connectivity index (χ1v) is 12.1. The van der Waals surface area contributed by atoms with Crippen LogP contribution in [0.1, 0.15) is 56.3 Å². The highest BCUT2D eigenvalue weighted by atomic mass is 35.5. The van der Waals surface area contributed by atoms with Gasteiger partial charge in [-0.05, 0) is 73.6 Å². The molecule has 1 aromatic heterocycles. The summed E-state index contributed by atoms with van der Waals surface area (Å²) in [6.45, 7) is 4.76. The number of carbonyl (C=O) groups is 1. The molecule has 1 aliphatic heterocycles. The van der Waals surface area contributed by atoms with E-state index in [1.807, 2.05) is 24.3 Å². The van der Waals surface area contributed by atoms with Gasteiger partial charge < -0.3 is 9.64 Å². The molecule has 2 aromatic rings. The van der Waals surface area contributed by atoms with E-state index in [-0.39, 0.29) is 18.0 Å². The van der Waals surface area contributed by atoms with E-state index in [2.05, 4.69) is 33.4 Å². The molecule has 2 aliphatic carbocycles. The number of benzene rings is 1. The number of hydrogen-bond donors (Lipinski definition) is 1. The predicted octanol–water partition coefficient (Wildman–Crippen LogP) is 5.44. The van der Waals surface area contributed by atoms with Crippen molar-refractivity contribution in [2.45, 2.75) is 62.9 Å². The Labute approximate surface area is 192 Å². The minimum absolute atomic E-state index is 0.0317. The molecule has 1 aromatic carbocycles. The third-order valence-corrected chi connectivity index (χ3v) is 7.46. The van der Waals surface area contributed by atoms with E-state index in [1.165, 1.54) is 24.8 Å². The van der Waals surface area contributed by atoms with Gasteiger partial charge in [0, 0.05) is 22.6 Å². The van der Waals surface area contributed by atoms with Crippen molar-refractivity contribution >= 4 is 35.4 Å². The first-order valence-electron chi connectivity index (χ1n) is 10.9. The van der Waals surface area contributed by atoms with Crippen LogP contribution in [-0.4, -0.2) is 39.5 Å². The lowest BCUT2D eigenvalue weighted by molar-refractivity contribution is 0.00918. The lowest BCUT2D eigenvalue weighted by Crippen LogP contribution is -2.55. The molecule has 2 saturated carbocycles. The second kappa shape index (κ2) is 8.17. The number of aromatic nitrogens is 2. The van der Waals surface area contributed by atoms with Gasteiger partial charge in [0.25, 0.3) is 5.91 Å². The molecule has 4 bridgehead atoms. The maximum atomic E-state index is 13.8. The van der Waals surface area contributed by atoms with Crippen LogP contribution in [0.5, 0.6) is 5.88 Å². The van der Waals surface area contributed by atoms with Crippen LogP contribution in [0.15, 0.2) is 35.2 Å². The molecular weight excluding hydrogens is 432 g/mol. The highest BCUT2D eigenvalue weighted by Gasteiger charge is 2.56. The molecule has 6 nitrogen and oxygen atoms in total. The smallest absolute Gasteiger partial charge is 0.254 e. The predicted molar refractivity (Wildman–Crippen MR) is 123 cm³/mol. The summed E-state index contributed by atoms with van der Waals surface area (Å²) >= 11 is 7.56. The van der Waals surface area contributed by atoms with Gasteiger partial charge in [0.15, 0.2) is 0 Å². The third kappa shape index (κ3) is 4.48. The molecule has 8 heteroatoms. The van der Waals surface area contributed by atoms with E-state index in [0.717, 1.165) is 24.2 Å². The molecule has 1 atom stereocenters. The van der Waals surface area contributed by atoms with Crippen LogP contribution < -0.4 is 9.46 Å². The van der Waals surface area contributed by atoms with Crippen molar-refractivity contribution in [3.63, 3.8) is 0 Å². The van der Waals surface area contributed by atoms with Crippen molar-refractivity contribution in [1.29, 1.82) is 0 Å². The van der Waals surface area contributed by atoms with Gasteiger partial charge in [0.2, 0.25) is 11.8 Å². The Kier molecular flexibility index (Phi) is 5.51. The number of anilines is 1. The number of nitrogens with one attached hydrogen (secondary N) is 1. The van der Waals surface area contributed by atoms with Crippen molar-refractivity contribution in [3.05, 3.63) is 41.0 Å². The number of rotatable bonds is 3. The zero-order chi connectivity index (χ0) is 21.6. The Morgan fingerprint density at radius 3 is 2.84 bits per heavy atom. The van der Waals surface area contributed by atoms with Crippen LogP contribution in [0.4, 0.5) is 5.95 Å². The summed E-state index contributed by atoms with van der Waals surface area (Å²) in [5.41, 5.74) is 1.22. The quantitative estimate of drug-likeness (QED) is 0.487. The summed E-state index contributed by atoms with van der Waals surface area (Å²) in [6, 6.07) is 9.60. The first-order chi connectivity index (χ1) is 14.9. The van der Waals surface area contributed by atoms with Gasteiger partial charge in [-0.15, -0.1) is 0 Å². The zero-order valence-electron chi connectivity index (χ0n) is 17.8. The third-order valence-electron chi connectivity index (χ3n) is 6.50. The molecule has 1 N–H and O–H groups in total. The van der Waals surface area contributed by atoms with E-state index >= 15 is 0 Å². The number of halogens is 1. The van der Waals surface area contributed by atoms with E-state index < -0.39 is 0 Å². The van der Waals surface area contributed by atoms with Gasteiger partial charge in [-0.25, -0.2) is 4.98 Å². The van der Waals surface area contributed by atoms with Crippen molar-refractivity contribution in [2.75, 3.05) is 11.3 Å². The summed E-state index contributed by atoms with van der Waals surface area (Å²) in [5.74, 6) is 1.33. The SMILES string of the molecule is CC(C)C[C@@H]1COc2cc(Cl)nc(n2)NSc2cccc(c2)C(=O)N1C1CC2(CC2)C1. The monoisotopic (exact) mass is 458 g/mol. The molecule has 164 valence electrons. The molecule has 2 heterocycles. The molecule has 1 amide bonds. The van der Waals surface area contributed by atoms with E-state index in [4.69, 9.17) is 16.3 Å². The van der Waals surface area contributed by atoms with E-state index in [0.29, 0.717) is 40.5 Å². The Bertz CT molecular complexity index is 989. The van der Waals surface area contributed by atoms with Crippen LogP contribution in [0.3, 0.4) is 0 Å². The molecular formula is C23H27ClN4O2S. The van der Waals surface area contributed by atoms with Crippen LogP contribution in [-0.2, 0) is 0 Å². The summed E-state index contributed by atoms with van der Waals surface area (Å²) in [4.78, 5) is 25.5. The van der Waals surface area contributed by atoms with E-state index in [1.54, 1.807) is 6.07 Å². The Morgan fingerprint density at radius 1 is 1.29 bits per heavy atom. The maximum absolute atomic E-state index is 13.8. The van der Waals surface area contributed by atoms with Crippen LogP contribution >= 0.6 is 23.5 Å². The summed E-state index contributed by atoms with van der Waals surface area (Å²) in [5, 5.41) is 0.319. The van der Waals surface area contributed by atoms with Gasteiger partial charge in [-0.1, -0.05) is 31.5 Å². The van der Waals surface area contributed by atoms with Crippen LogP contribution in [0.25, 0.3) is 0 Å². The average Bonchev–Trinajstić information content (AvgIpc) is 3.50. The molecule has 2 fully saturated rings. The van der Waals surface area contributed by atoms with Crippen LogP contribution in [0.2, 0.25) is 5.15 Å². The lowest BCUT2D eigenvalue weighted by atomic mass is 9.75. The van der Waals surface area contributed by atoms with Crippen molar-refractivity contribution in [2.24, 2.45) is 11.3 Å². The zero-order valence-corrected chi connectivity index (χ0v) is 19.4. The van der Waals surface area contributed by atoms with Gasteiger partial charge in [-0.3, -0.25) is 9.52 Å². The molecule has 0 unspecified atom stereocenters. The number of amides is 1. The number of ether oxygens (including phenoxy) is 1. The van der Waals surface area contributed by atoms with Crippen LogP contribution in [0, 0.1) is 11.3 Å². The number of carbonyl (C=O) groups excluding carboxylic acids is 1. The first kappa shape index (κ1) is 20.9. The lowest BCUT2D eigenvalue weighted by Gasteiger charge is -2.47. The maximum Gasteiger partial charge on any atom is 0.254 e. The Hall–Kier alpha value is -1.99. The topological polar surface area (TPSA) is 67.4 Å². The number of hydrogen-bond acceptors (Lipinski definition) is 6.